The zero-order valence-corrected chi connectivity index (χ0v) is 5.33. The molecule has 0 unspecified atom stereocenters. The summed E-state index contributed by atoms with van der Waals surface area (Å²) in [4.78, 5) is 10.6. The Morgan fingerprint density at radius 1 is 1.67 bits per heavy atom. The smallest absolute Gasteiger partial charge is 0.137 e. The maximum atomic E-state index is 10.6. The highest BCUT2D eigenvalue weighted by Gasteiger charge is 2.29. The summed E-state index contributed by atoms with van der Waals surface area (Å²) in [5.41, 5.74) is 0. The van der Waals surface area contributed by atoms with Crippen molar-refractivity contribution in [2.45, 2.75) is 13.0 Å². The maximum absolute atomic E-state index is 10.6. The quantitative estimate of drug-likeness (QED) is 0.524. The van der Waals surface area contributed by atoms with Gasteiger partial charge in [-0.1, -0.05) is 0 Å². The van der Waals surface area contributed by atoms with Gasteiger partial charge in [0.1, 0.15) is 5.78 Å². The lowest BCUT2D eigenvalue weighted by molar-refractivity contribution is -0.122. The Kier molecular flexibility index (Phi) is 1.83. The van der Waals surface area contributed by atoms with Gasteiger partial charge in [0.05, 0.1) is 25.2 Å². The van der Waals surface area contributed by atoms with E-state index in [9.17, 15) is 4.79 Å². The molecule has 9 heavy (non-hydrogen) atoms. The summed E-state index contributed by atoms with van der Waals surface area (Å²) in [5, 5.41) is 9.01. The van der Waals surface area contributed by atoms with E-state index in [2.05, 4.69) is 0 Å². The lowest BCUT2D eigenvalue weighted by Crippen LogP contribution is -2.24. The van der Waals surface area contributed by atoms with Crippen LogP contribution in [0.4, 0.5) is 0 Å². The largest absolute Gasteiger partial charge is 0.390 e. The van der Waals surface area contributed by atoms with E-state index < -0.39 is 6.10 Å². The molecule has 1 aliphatic heterocycles. The molecule has 0 saturated carbocycles. The fraction of sp³-hybridized carbons (Fsp3) is 0.833. The molecule has 0 aliphatic carbocycles. The average Bonchev–Trinajstić information content (AvgIpc) is 2.13. The van der Waals surface area contributed by atoms with Gasteiger partial charge in [-0.15, -0.1) is 0 Å². The summed E-state index contributed by atoms with van der Waals surface area (Å²) in [6.45, 7) is 2.17. The zero-order valence-electron chi connectivity index (χ0n) is 5.33. The number of carbonyl (C=O) groups is 1. The lowest BCUT2D eigenvalue weighted by atomic mass is 10.0. The van der Waals surface area contributed by atoms with Gasteiger partial charge in [-0.2, -0.15) is 0 Å². The molecule has 52 valence electrons. The molecule has 3 heteroatoms. The minimum Gasteiger partial charge on any atom is -0.390 e. The van der Waals surface area contributed by atoms with Crippen LogP contribution in [-0.2, 0) is 9.53 Å². The van der Waals surface area contributed by atoms with Gasteiger partial charge in [-0.25, -0.2) is 0 Å². The van der Waals surface area contributed by atoms with E-state index in [0.717, 1.165) is 0 Å². The van der Waals surface area contributed by atoms with Gasteiger partial charge >= 0.3 is 0 Å². The van der Waals surface area contributed by atoms with Crippen LogP contribution in [-0.4, -0.2) is 30.2 Å². The third-order valence-corrected chi connectivity index (χ3v) is 1.57. The van der Waals surface area contributed by atoms with Crippen LogP contribution in [0.3, 0.4) is 0 Å². The van der Waals surface area contributed by atoms with Crippen molar-refractivity contribution < 1.29 is 14.6 Å². The maximum Gasteiger partial charge on any atom is 0.137 e. The molecule has 1 saturated heterocycles. The van der Waals surface area contributed by atoms with Gasteiger partial charge in [-0.3, -0.25) is 4.79 Å². The average molecular weight is 130 g/mol. The first-order valence-electron chi connectivity index (χ1n) is 2.98. The fourth-order valence-corrected chi connectivity index (χ4v) is 0.931. The van der Waals surface area contributed by atoms with Crippen LogP contribution in [0.1, 0.15) is 6.92 Å². The number of aliphatic hydroxyl groups excluding tert-OH is 1. The van der Waals surface area contributed by atoms with Crippen molar-refractivity contribution in [3.63, 3.8) is 0 Å². The van der Waals surface area contributed by atoms with Crippen LogP contribution < -0.4 is 0 Å². The van der Waals surface area contributed by atoms with Crippen LogP contribution in [0.15, 0.2) is 0 Å². The van der Waals surface area contributed by atoms with Crippen LogP contribution in [0, 0.1) is 5.92 Å². The first-order valence-corrected chi connectivity index (χ1v) is 2.98. The number of hydrogen-bond donors (Lipinski definition) is 1. The van der Waals surface area contributed by atoms with E-state index in [1.807, 2.05) is 0 Å². The molecule has 1 heterocycles. The van der Waals surface area contributed by atoms with Crippen LogP contribution in [0.2, 0.25) is 0 Å². The van der Waals surface area contributed by atoms with E-state index in [1.54, 1.807) is 0 Å². The van der Waals surface area contributed by atoms with Crippen LogP contribution in [0.5, 0.6) is 0 Å². The Bertz CT molecular complexity index is 121. The molecule has 1 fully saturated rings. The number of Topliss-reactive ketones (excluding diaryl/α,β-unsaturated/α-hetero) is 1. The first kappa shape index (κ1) is 6.71. The Hall–Kier alpha value is -0.410. The second-order valence-electron chi connectivity index (χ2n) is 2.32. The van der Waals surface area contributed by atoms with E-state index in [-0.39, 0.29) is 11.7 Å². The minimum absolute atomic E-state index is 0.0139. The van der Waals surface area contributed by atoms with Crippen molar-refractivity contribution in [2.75, 3.05) is 13.2 Å². The monoisotopic (exact) mass is 130 g/mol. The first-order chi connectivity index (χ1) is 4.22. The number of ketones is 1. The normalized spacial score (nSPS) is 34.9. The van der Waals surface area contributed by atoms with E-state index in [0.29, 0.717) is 13.2 Å². The topological polar surface area (TPSA) is 46.5 Å². The minimum atomic E-state index is -0.567. The standard InChI is InChI=1S/C6H10O3/c1-4(7)5-2-9-3-6(5)8/h5-6,8H,2-3H2,1H3/t5-,6+/m0/s1. The summed E-state index contributed by atoms with van der Waals surface area (Å²) < 4.78 is 4.86. The Morgan fingerprint density at radius 3 is 2.56 bits per heavy atom. The molecular weight excluding hydrogens is 120 g/mol. The molecule has 1 aliphatic rings. The van der Waals surface area contributed by atoms with Gasteiger partial charge in [0, 0.05) is 0 Å². The number of rotatable bonds is 1. The van der Waals surface area contributed by atoms with E-state index in [4.69, 9.17) is 9.84 Å². The number of hydrogen-bond acceptors (Lipinski definition) is 3. The molecule has 0 aromatic heterocycles. The Labute approximate surface area is 53.6 Å². The van der Waals surface area contributed by atoms with Gasteiger partial charge in [0.2, 0.25) is 0 Å². The van der Waals surface area contributed by atoms with E-state index >= 15 is 0 Å². The molecule has 0 radical (unpaired) electrons. The molecule has 0 aromatic carbocycles. The predicted molar refractivity (Wildman–Crippen MR) is 31.0 cm³/mol. The van der Waals surface area contributed by atoms with Crippen molar-refractivity contribution in [1.29, 1.82) is 0 Å². The third-order valence-electron chi connectivity index (χ3n) is 1.57. The number of carbonyl (C=O) groups excluding carboxylic acids is 1. The highest BCUT2D eigenvalue weighted by molar-refractivity contribution is 5.79. The van der Waals surface area contributed by atoms with Crippen LogP contribution >= 0.6 is 0 Å². The van der Waals surface area contributed by atoms with Crippen molar-refractivity contribution in [1.82, 2.24) is 0 Å². The Morgan fingerprint density at radius 2 is 2.33 bits per heavy atom. The highest BCUT2D eigenvalue weighted by Crippen LogP contribution is 2.13. The number of ether oxygens (including phenoxy) is 1. The summed E-state index contributed by atoms with van der Waals surface area (Å²) in [6.07, 6.45) is -0.567. The summed E-state index contributed by atoms with van der Waals surface area (Å²) >= 11 is 0. The van der Waals surface area contributed by atoms with E-state index in [1.165, 1.54) is 6.92 Å². The molecular formula is C6H10O3. The van der Waals surface area contributed by atoms with Gasteiger partial charge in [0.15, 0.2) is 0 Å². The van der Waals surface area contributed by atoms with Crippen molar-refractivity contribution >= 4 is 5.78 Å². The third kappa shape index (κ3) is 1.28. The molecule has 0 aromatic rings. The molecule has 3 nitrogen and oxygen atoms in total. The molecule has 2 atom stereocenters. The van der Waals surface area contributed by atoms with Gasteiger partial charge in [-0.05, 0) is 6.92 Å². The molecule has 1 rings (SSSR count). The number of aliphatic hydroxyl groups is 1. The predicted octanol–water partition coefficient (Wildman–Crippen LogP) is -0.417. The molecule has 1 N–H and O–H groups in total. The lowest BCUT2D eigenvalue weighted by Gasteiger charge is -2.05. The second-order valence-corrected chi connectivity index (χ2v) is 2.32. The highest BCUT2D eigenvalue weighted by atomic mass is 16.5. The summed E-state index contributed by atoms with van der Waals surface area (Å²) in [7, 11) is 0. The molecule has 0 bridgehead atoms. The van der Waals surface area contributed by atoms with Crippen molar-refractivity contribution in [2.24, 2.45) is 5.92 Å². The SMILES string of the molecule is CC(=O)[C@@H]1COC[C@H]1O. The van der Waals surface area contributed by atoms with Crippen molar-refractivity contribution in [3.05, 3.63) is 0 Å². The zero-order chi connectivity index (χ0) is 6.85. The van der Waals surface area contributed by atoms with Gasteiger partial charge < -0.3 is 9.84 Å². The Balaban J connectivity index is 2.49. The second kappa shape index (κ2) is 2.45. The molecule has 0 amide bonds. The molecule has 0 spiro atoms. The summed E-state index contributed by atoms with van der Waals surface area (Å²) in [6, 6.07) is 0. The van der Waals surface area contributed by atoms with Crippen LogP contribution in [0.25, 0.3) is 0 Å². The van der Waals surface area contributed by atoms with Gasteiger partial charge in [0.25, 0.3) is 0 Å². The summed E-state index contributed by atoms with van der Waals surface area (Å²) in [5.74, 6) is -0.259. The fourth-order valence-electron chi connectivity index (χ4n) is 0.931. The van der Waals surface area contributed by atoms with Crippen molar-refractivity contribution in [3.8, 4) is 0 Å².